The maximum absolute atomic E-state index is 12.7. The van der Waals surface area contributed by atoms with E-state index in [4.69, 9.17) is 0 Å². The summed E-state index contributed by atoms with van der Waals surface area (Å²) in [5.41, 5.74) is 2.74. The predicted octanol–water partition coefficient (Wildman–Crippen LogP) is 2.85. The molecule has 25 heavy (non-hydrogen) atoms. The SMILES string of the molecule is C[C@H]1S[C@@H](c2ccc(C(C)(C)C)cc2)N(CCN2CCNCC2)C1=O. The lowest BCUT2D eigenvalue weighted by Crippen LogP contribution is -2.46. The van der Waals surface area contributed by atoms with Gasteiger partial charge in [-0.15, -0.1) is 11.8 Å². The Kier molecular flexibility index (Phi) is 5.76. The number of amides is 1. The minimum atomic E-state index is 0.0512. The third kappa shape index (κ3) is 4.39. The van der Waals surface area contributed by atoms with Crippen molar-refractivity contribution in [2.24, 2.45) is 0 Å². The molecular weight excluding hydrogens is 330 g/mol. The lowest BCUT2D eigenvalue weighted by molar-refractivity contribution is -0.130. The minimum Gasteiger partial charge on any atom is -0.324 e. The van der Waals surface area contributed by atoms with Gasteiger partial charge in [-0.2, -0.15) is 0 Å². The smallest absolute Gasteiger partial charge is 0.236 e. The molecule has 2 heterocycles. The van der Waals surface area contributed by atoms with Gasteiger partial charge in [0, 0.05) is 39.3 Å². The van der Waals surface area contributed by atoms with E-state index in [9.17, 15) is 4.79 Å². The van der Waals surface area contributed by atoms with E-state index in [-0.39, 0.29) is 21.9 Å². The van der Waals surface area contributed by atoms with Crippen LogP contribution in [0.4, 0.5) is 0 Å². The Morgan fingerprint density at radius 1 is 1.12 bits per heavy atom. The minimum absolute atomic E-state index is 0.0512. The third-order valence-corrected chi connectivity index (χ3v) is 6.57. The van der Waals surface area contributed by atoms with Gasteiger partial charge < -0.3 is 10.2 Å². The van der Waals surface area contributed by atoms with Crippen molar-refractivity contribution in [1.29, 1.82) is 0 Å². The molecule has 1 aromatic carbocycles. The van der Waals surface area contributed by atoms with Crippen LogP contribution in [0.5, 0.6) is 0 Å². The van der Waals surface area contributed by atoms with Crippen LogP contribution >= 0.6 is 11.8 Å². The molecule has 5 heteroatoms. The number of nitrogens with one attached hydrogen (secondary N) is 1. The predicted molar refractivity (Wildman–Crippen MR) is 106 cm³/mol. The standard InChI is InChI=1S/C20H31N3OS/c1-15-18(24)23(14-13-22-11-9-21-10-12-22)19(25-15)16-5-7-17(8-6-16)20(2,3)4/h5-8,15,19,21H,9-14H2,1-4H3/t15-,19+/m1/s1. The van der Waals surface area contributed by atoms with Crippen LogP contribution in [0, 0.1) is 0 Å². The summed E-state index contributed by atoms with van der Waals surface area (Å²) >= 11 is 1.78. The van der Waals surface area contributed by atoms with Crippen molar-refractivity contribution >= 4 is 17.7 Å². The van der Waals surface area contributed by atoms with E-state index in [2.05, 4.69) is 60.2 Å². The fourth-order valence-corrected chi connectivity index (χ4v) is 4.80. The fourth-order valence-electron chi connectivity index (χ4n) is 3.49. The summed E-state index contributed by atoms with van der Waals surface area (Å²) in [6.45, 7) is 14.8. The van der Waals surface area contributed by atoms with Gasteiger partial charge in [-0.25, -0.2) is 0 Å². The van der Waals surface area contributed by atoms with Crippen molar-refractivity contribution < 1.29 is 4.79 Å². The van der Waals surface area contributed by atoms with Crippen LogP contribution < -0.4 is 5.32 Å². The van der Waals surface area contributed by atoms with Gasteiger partial charge in [0.25, 0.3) is 0 Å². The average molecular weight is 362 g/mol. The number of benzene rings is 1. The fraction of sp³-hybridized carbons (Fsp3) is 0.650. The number of piperazine rings is 1. The highest BCUT2D eigenvalue weighted by Crippen LogP contribution is 2.43. The number of carbonyl (C=O) groups excluding carboxylic acids is 1. The van der Waals surface area contributed by atoms with Crippen LogP contribution in [0.25, 0.3) is 0 Å². The Balaban J connectivity index is 1.70. The molecule has 3 rings (SSSR count). The highest BCUT2D eigenvalue weighted by Gasteiger charge is 2.38. The molecule has 0 aromatic heterocycles. The molecule has 138 valence electrons. The molecule has 1 amide bonds. The first-order valence-corrected chi connectivity index (χ1v) is 10.3. The maximum atomic E-state index is 12.7. The second-order valence-electron chi connectivity index (χ2n) is 8.13. The number of hydrogen-bond donors (Lipinski definition) is 1. The Labute approximate surface area is 156 Å². The molecule has 1 N–H and O–H groups in total. The summed E-state index contributed by atoms with van der Waals surface area (Å²) in [4.78, 5) is 17.2. The Hall–Kier alpha value is -1.04. The quantitative estimate of drug-likeness (QED) is 0.894. The normalized spacial score (nSPS) is 25.6. The molecule has 0 saturated carbocycles. The van der Waals surface area contributed by atoms with Gasteiger partial charge in [-0.05, 0) is 23.5 Å². The Bertz CT molecular complexity index is 590. The van der Waals surface area contributed by atoms with Crippen LogP contribution in [-0.2, 0) is 10.2 Å². The number of thioether (sulfide) groups is 1. The van der Waals surface area contributed by atoms with Gasteiger partial charge >= 0.3 is 0 Å². The summed E-state index contributed by atoms with van der Waals surface area (Å²) < 4.78 is 0. The Morgan fingerprint density at radius 2 is 1.76 bits per heavy atom. The van der Waals surface area contributed by atoms with Gasteiger partial charge in [0.05, 0.1) is 5.25 Å². The monoisotopic (exact) mass is 361 g/mol. The molecular formula is C20H31N3OS. The van der Waals surface area contributed by atoms with Crippen molar-refractivity contribution in [3.63, 3.8) is 0 Å². The zero-order valence-corrected chi connectivity index (χ0v) is 16.7. The lowest BCUT2D eigenvalue weighted by Gasteiger charge is -2.31. The second-order valence-corrected chi connectivity index (χ2v) is 9.55. The van der Waals surface area contributed by atoms with E-state index in [0.717, 1.165) is 39.3 Å². The number of rotatable bonds is 4. The summed E-state index contributed by atoms with van der Waals surface area (Å²) in [7, 11) is 0. The summed E-state index contributed by atoms with van der Waals surface area (Å²) in [5, 5.41) is 3.59. The zero-order valence-electron chi connectivity index (χ0n) is 15.9. The summed E-state index contributed by atoms with van der Waals surface area (Å²) in [6, 6.07) is 8.86. The van der Waals surface area contributed by atoms with Crippen LogP contribution in [0.3, 0.4) is 0 Å². The van der Waals surface area contributed by atoms with Crippen LogP contribution in [-0.4, -0.2) is 60.2 Å². The lowest BCUT2D eigenvalue weighted by atomic mass is 9.86. The first kappa shape index (κ1) is 18.7. The summed E-state index contributed by atoms with van der Waals surface area (Å²) in [5.74, 6) is 0.282. The zero-order chi connectivity index (χ0) is 18.0. The Morgan fingerprint density at radius 3 is 2.36 bits per heavy atom. The molecule has 2 aliphatic heterocycles. The molecule has 0 aliphatic carbocycles. The van der Waals surface area contributed by atoms with Crippen LogP contribution in [0.2, 0.25) is 0 Å². The largest absolute Gasteiger partial charge is 0.324 e. The first-order valence-electron chi connectivity index (χ1n) is 9.36. The van der Waals surface area contributed by atoms with Gasteiger partial charge in [0.15, 0.2) is 0 Å². The van der Waals surface area contributed by atoms with Crippen molar-refractivity contribution in [2.75, 3.05) is 39.3 Å². The molecule has 2 fully saturated rings. The van der Waals surface area contributed by atoms with Gasteiger partial charge in [-0.1, -0.05) is 45.0 Å². The van der Waals surface area contributed by atoms with Crippen molar-refractivity contribution in [3.05, 3.63) is 35.4 Å². The van der Waals surface area contributed by atoms with Gasteiger partial charge in [-0.3, -0.25) is 9.69 Å². The molecule has 2 atom stereocenters. The van der Waals surface area contributed by atoms with E-state index >= 15 is 0 Å². The first-order chi connectivity index (χ1) is 11.9. The maximum Gasteiger partial charge on any atom is 0.236 e. The molecule has 0 bridgehead atoms. The topological polar surface area (TPSA) is 35.6 Å². The summed E-state index contributed by atoms with van der Waals surface area (Å²) in [6.07, 6.45) is 0. The van der Waals surface area contributed by atoms with Gasteiger partial charge in [0.2, 0.25) is 5.91 Å². The third-order valence-electron chi connectivity index (χ3n) is 5.18. The number of nitrogens with zero attached hydrogens (tertiary/aromatic N) is 2. The van der Waals surface area contributed by atoms with Crippen molar-refractivity contribution in [2.45, 2.75) is 43.7 Å². The van der Waals surface area contributed by atoms with E-state index in [1.165, 1.54) is 11.1 Å². The average Bonchev–Trinajstić information content (AvgIpc) is 2.88. The molecule has 0 radical (unpaired) electrons. The molecule has 0 spiro atoms. The second kappa shape index (κ2) is 7.68. The van der Waals surface area contributed by atoms with E-state index in [0.29, 0.717) is 0 Å². The molecule has 1 aromatic rings. The van der Waals surface area contributed by atoms with E-state index in [1.807, 2.05) is 6.92 Å². The molecule has 2 saturated heterocycles. The van der Waals surface area contributed by atoms with Crippen LogP contribution in [0.1, 0.15) is 44.2 Å². The molecule has 2 aliphatic rings. The molecule has 0 unspecified atom stereocenters. The van der Waals surface area contributed by atoms with Gasteiger partial charge in [0.1, 0.15) is 5.37 Å². The highest BCUT2D eigenvalue weighted by atomic mass is 32.2. The van der Waals surface area contributed by atoms with Crippen molar-refractivity contribution in [3.8, 4) is 0 Å². The highest BCUT2D eigenvalue weighted by molar-refractivity contribution is 8.01. The van der Waals surface area contributed by atoms with E-state index < -0.39 is 0 Å². The van der Waals surface area contributed by atoms with Crippen LogP contribution in [0.15, 0.2) is 24.3 Å². The molecule has 4 nitrogen and oxygen atoms in total. The van der Waals surface area contributed by atoms with E-state index in [1.54, 1.807) is 11.8 Å². The van der Waals surface area contributed by atoms with Crippen molar-refractivity contribution in [1.82, 2.24) is 15.1 Å². The number of hydrogen-bond acceptors (Lipinski definition) is 4. The number of carbonyl (C=O) groups is 1.